The molecule has 1 fully saturated rings. The van der Waals surface area contributed by atoms with Crippen molar-refractivity contribution in [2.45, 2.75) is 18.9 Å². The Balaban J connectivity index is 2.02. The standard InChI is InChI=1S/C11H13FN2O3/c12-7-3-9(11(16)17)10(14-5-7)13-4-6-1-8(15)2-6/h3,5-6,8,15H,1-2,4H2,(H,13,14)(H,16,17). The molecule has 1 aromatic heterocycles. The monoisotopic (exact) mass is 240 g/mol. The number of nitrogens with one attached hydrogen (secondary N) is 1. The first-order chi connectivity index (χ1) is 8.06. The van der Waals surface area contributed by atoms with Crippen LogP contribution in [0.5, 0.6) is 0 Å². The van der Waals surface area contributed by atoms with Crippen LogP contribution in [0.3, 0.4) is 0 Å². The van der Waals surface area contributed by atoms with Gasteiger partial charge in [-0.1, -0.05) is 0 Å². The van der Waals surface area contributed by atoms with Gasteiger partial charge in [-0.05, 0) is 24.8 Å². The zero-order valence-corrected chi connectivity index (χ0v) is 9.06. The molecule has 92 valence electrons. The highest BCUT2D eigenvalue weighted by Crippen LogP contribution is 2.27. The van der Waals surface area contributed by atoms with E-state index in [1.807, 2.05) is 0 Å². The summed E-state index contributed by atoms with van der Waals surface area (Å²) < 4.78 is 12.8. The molecule has 1 saturated carbocycles. The van der Waals surface area contributed by atoms with Gasteiger partial charge in [0.25, 0.3) is 0 Å². The molecule has 0 radical (unpaired) electrons. The van der Waals surface area contributed by atoms with Crippen molar-refractivity contribution >= 4 is 11.8 Å². The molecule has 1 aliphatic carbocycles. The number of aliphatic hydroxyl groups is 1. The maximum atomic E-state index is 12.8. The fraction of sp³-hybridized carbons (Fsp3) is 0.455. The minimum absolute atomic E-state index is 0.167. The molecule has 0 bridgehead atoms. The van der Waals surface area contributed by atoms with E-state index < -0.39 is 11.8 Å². The molecule has 1 heterocycles. The molecular formula is C11H13FN2O3. The van der Waals surface area contributed by atoms with Crippen molar-refractivity contribution in [3.63, 3.8) is 0 Å². The van der Waals surface area contributed by atoms with Gasteiger partial charge in [-0.15, -0.1) is 0 Å². The predicted octanol–water partition coefficient (Wildman–Crippen LogP) is 1.10. The van der Waals surface area contributed by atoms with Crippen LogP contribution in [0.25, 0.3) is 0 Å². The van der Waals surface area contributed by atoms with Gasteiger partial charge in [0.2, 0.25) is 0 Å². The van der Waals surface area contributed by atoms with E-state index in [1.54, 1.807) is 0 Å². The molecule has 0 atom stereocenters. The third kappa shape index (κ3) is 2.71. The third-order valence-corrected chi connectivity index (χ3v) is 2.85. The summed E-state index contributed by atoms with van der Waals surface area (Å²) in [5, 5.41) is 20.9. The number of nitrogens with zero attached hydrogens (tertiary/aromatic N) is 1. The first kappa shape index (κ1) is 11.8. The number of rotatable bonds is 4. The number of carboxylic acid groups (broad SMARTS) is 1. The lowest BCUT2D eigenvalue weighted by Crippen LogP contribution is -2.33. The van der Waals surface area contributed by atoms with Crippen molar-refractivity contribution < 1.29 is 19.4 Å². The van der Waals surface area contributed by atoms with Crippen LogP contribution in [-0.4, -0.2) is 33.8 Å². The summed E-state index contributed by atoms with van der Waals surface area (Å²) >= 11 is 0. The zero-order chi connectivity index (χ0) is 12.4. The Labute approximate surface area is 97.3 Å². The third-order valence-electron chi connectivity index (χ3n) is 2.85. The van der Waals surface area contributed by atoms with Gasteiger partial charge >= 0.3 is 5.97 Å². The summed E-state index contributed by atoms with van der Waals surface area (Å²) in [7, 11) is 0. The second-order valence-corrected chi connectivity index (χ2v) is 4.23. The Morgan fingerprint density at radius 1 is 1.59 bits per heavy atom. The van der Waals surface area contributed by atoms with Crippen LogP contribution in [-0.2, 0) is 0 Å². The number of carboxylic acids is 1. The van der Waals surface area contributed by atoms with E-state index >= 15 is 0 Å². The zero-order valence-electron chi connectivity index (χ0n) is 9.06. The molecule has 1 aliphatic rings. The lowest BCUT2D eigenvalue weighted by atomic mass is 9.82. The van der Waals surface area contributed by atoms with E-state index in [2.05, 4.69) is 10.3 Å². The Morgan fingerprint density at radius 2 is 2.29 bits per heavy atom. The average molecular weight is 240 g/mol. The maximum absolute atomic E-state index is 12.8. The predicted molar refractivity (Wildman–Crippen MR) is 58.4 cm³/mol. The van der Waals surface area contributed by atoms with Crippen LogP contribution in [0, 0.1) is 11.7 Å². The molecule has 0 amide bonds. The molecule has 0 unspecified atom stereocenters. The largest absolute Gasteiger partial charge is 0.478 e. The number of aliphatic hydroxyl groups excluding tert-OH is 1. The van der Waals surface area contributed by atoms with E-state index in [4.69, 9.17) is 10.2 Å². The van der Waals surface area contributed by atoms with Gasteiger partial charge in [0.05, 0.1) is 12.3 Å². The van der Waals surface area contributed by atoms with E-state index in [1.165, 1.54) is 0 Å². The van der Waals surface area contributed by atoms with Crippen LogP contribution < -0.4 is 5.32 Å². The number of halogens is 1. The van der Waals surface area contributed by atoms with E-state index in [9.17, 15) is 9.18 Å². The highest BCUT2D eigenvalue weighted by Gasteiger charge is 2.27. The topological polar surface area (TPSA) is 82.5 Å². The molecule has 0 aliphatic heterocycles. The smallest absolute Gasteiger partial charge is 0.339 e. The summed E-state index contributed by atoms with van der Waals surface area (Å²) in [6.07, 6.45) is 2.14. The van der Waals surface area contributed by atoms with Crippen LogP contribution in [0.1, 0.15) is 23.2 Å². The lowest BCUT2D eigenvalue weighted by Gasteiger charge is -2.31. The quantitative estimate of drug-likeness (QED) is 0.734. The Hall–Kier alpha value is -1.69. The summed E-state index contributed by atoms with van der Waals surface area (Å²) in [5.41, 5.74) is -0.176. The SMILES string of the molecule is O=C(O)c1cc(F)cnc1NCC1CC(O)C1. The van der Waals surface area contributed by atoms with Gasteiger partial charge in [0.15, 0.2) is 0 Å². The summed E-state index contributed by atoms with van der Waals surface area (Å²) in [4.78, 5) is 14.6. The average Bonchev–Trinajstić information content (AvgIpc) is 2.24. The van der Waals surface area contributed by atoms with Gasteiger partial charge in [0.1, 0.15) is 17.2 Å². The van der Waals surface area contributed by atoms with Gasteiger partial charge in [-0.3, -0.25) is 0 Å². The molecule has 2 rings (SSSR count). The van der Waals surface area contributed by atoms with E-state index in [0.29, 0.717) is 25.3 Å². The number of hydrogen-bond acceptors (Lipinski definition) is 4. The molecule has 0 spiro atoms. The number of pyridine rings is 1. The first-order valence-electron chi connectivity index (χ1n) is 5.37. The second kappa shape index (κ2) is 4.67. The van der Waals surface area contributed by atoms with Crippen LogP contribution in [0.2, 0.25) is 0 Å². The molecule has 3 N–H and O–H groups in total. The number of carbonyl (C=O) groups is 1. The maximum Gasteiger partial charge on any atom is 0.339 e. The summed E-state index contributed by atoms with van der Waals surface area (Å²) in [6, 6.07) is 0.938. The van der Waals surface area contributed by atoms with Gasteiger partial charge < -0.3 is 15.5 Å². The van der Waals surface area contributed by atoms with Gasteiger partial charge in [-0.2, -0.15) is 0 Å². The van der Waals surface area contributed by atoms with Crippen molar-refractivity contribution in [2.75, 3.05) is 11.9 Å². The summed E-state index contributed by atoms with van der Waals surface area (Å²) in [5.74, 6) is -1.40. The number of aromatic nitrogens is 1. The fourth-order valence-electron chi connectivity index (χ4n) is 1.85. The Morgan fingerprint density at radius 3 is 2.88 bits per heavy atom. The lowest BCUT2D eigenvalue weighted by molar-refractivity contribution is 0.0485. The Bertz CT molecular complexity index is 433. The van der Waals surface area contributed by atoms with Gasteiger partial charge in [0, 0.05) is 6.54 Å². The van der Waals surface area contributed by atoms with E-state index in [0.717, 1.165) is 12.3 Å². The molecule has 0 aromatic carbocycles. The number of anilines is 1. The van der Waals surface area contributed by atoms with Crippen LogP contribution >= 0.6 is 0 Å². The minimum Gasteiger partial charge on any atom is -0.478 e. The Kier molecular flexibility index (Phi) is 3.23. The van der Waals surface area contributed by atoms with Crippen molar-refractivity contribution in [3.05, 3.63) is 23.6 Å². The fourth-order valence-corrected chi connectivity index (χ4v) is 1.85. The molecule has 1 aromatic rings. The highest BCUT2D eigenvalue weighted by molar-refractivity contribution is 5.93. The van der Waals surface area contributed by atoms with Crippen molar-refractivity contribution in [2.24, 2.45) is 5.92 Å². The van der Waals surface area contributed by atoms with Crippen LogP contribution in [0.15, 0.2) is 12.3 Å². The molecule has 0 saturated heterocycles. The van der Waals surface area contributed by atoms with Crippen molar-refractivity contribution in [3.8, 4) is 0 Å². The van der Waals surface area contributed by atoms with Crippen molar-refractivity contribution in [1.82, 2.24) is 4.98 Å². The summed E-state index contributed by atoms with van der Waals surface area (Å²) in [6.45, 7) is 0.538. The number of aromatic carboxylic acids is 1. The minimum atomic E-state index is -1.21. The van der Waals surface area contributed by atoms with E-state index in [-0.39, 0.29) is 17.5 Å². The van der Waals surface area contributed by atoms with Crippen LogP contribution in [0.4, 0.5) is 10.2 Å². The second-order valence-electron chi connectivity index (χ2n) is 4.23. The molecule has 5 nitrogen and oxygen atoms in total. The highest BCUT2D eigenvalue weighted by atomic mass is 19.1. The van der Waals surface area contributed by atoms with Gasteiger partial charge in [-0.25, -0.2) is 14.2 Å². The first-order valence-corrected chi connectivity index (χ1v) is 5.37. The normalized spacial score (nSPS) is 22.9. The molecular weight excluding hydrogens is 227 g/mol. The molecule has 17 heavy (non-hydrogen) atoms. The molecule has 6 heteroatoms. The van der Waals surface area contributed by atoms with Crippen molar-refractivity contribution in [1.29, 1.82) is 0 Å². The number of hydrogen-bond donors (Lipinski definition) is 3.